The minimum atomic E-state index is 0.128. The van der Waals surface area contributed by atoms with Crippen LogP contribution in [0.2, 0.25) is 0 Å². The number of nitrogens with two attached hydrogens (primary N) is 1. The number of thiophene rings is 1. The second-order valence-corrected chi connectivity index (χ2v) is 7.73. The molecule has 0 aliphatic carbocycles. The van der Waals surface area contributed by atoms with Gasteiger partial charge in [-0.15, -0.1) is 22.7 Å². The molecule has 1 fully saturated rings. The van der Waals surface area contributed by atoms with E-state index in [4.69, 9.17) is 5.73 Å². The molecule has 4 nitrogen and oxygen atoms in total. The van der Waals surface area contributed by atoms with Crippen LogP contribution < -0.4 is 10.6 Å². The van der Waals surface area contributed by atoms with E-state index in [1.807, 2.05) is 17.5 Å². The van der Waals surface area contributed by atoms with Gasteiger partial charge in [0, 0.05) is 18.3 Å². The number of nitrogens with zero attached hydrogens (tertiary/aromatic N) is 2. The number of halogens is 1. The number of hydrogen-bond acceptors (Lipinski definition) is 5. The Morgan fingerprint density at radius 3 is 3.00 bits per heavy atom. The molecule has 0 spiro atoms. The maximum Gasteiger partial charge on any atom is 0.229 e. The van der Waals surface area contributed by atoms with Gasteiger partial charge >= 0.3 is 0 Å². The summed E-state index contributed by atoms with van der Waals surface area (Å²) in [5.74, 6) is 0.388. The average molecular weight is 358 g/mol. The predicted octanol–water partition coefficient (Wildman–Crippen LogP) is 2.95. The summed E-state index contributed by atoms with van der Waals surface area (Å²) < 4.78 is 1.08. The van der Waals surface area contributed by atoms with E-state index in [2.05, 4.69) is 20.9 Å². The number of carbonyl (C=O) groups excluding carboxylic acids is 1. The number of rotatable bonds is 3. The van der Waals surface area contributed by atoms with Crippen molar-refractivity contribution in [3.63, 3.8) is 0 Å². The first kappa shape index (κ1) is 13.2. The summed E-state index contributed by atoms with van der Waals surface area (Å²) >= 11 is 6.60. The van der Waals surface area contributed by atoms with E-state index >= 15 is 0 Å². The molecular formula is C12H12BrN3OS2. The SMILES string of the molecule is NCC1CC(=O)N(c2nc(-c3ccc(Br)s3)cs2)C1. The molecule has 1 aliphatic heterocycles. The number of thiazole rings is 1. The minimum Gasteiger partial charge on any atom is -0.330 e. The zero-order valence-electron chi connectivity index (χ0n) is 10.0. The molecule has 2 aromatic heterocycles. The maximum atomic E-state index is 11.9. The molecule has 19 heavy (non-hydrogen) atoms. The van der Waals surface area contributed by atoms with Crippen LogP contribution >= 0.6 is 38.6 Å². The smallest absolute Gasteiger partial charge is 0.229 e. The van der Waals surface area contributed by atoms with Gasteiger partial charge in [0.05, 0.1) is 14.4 Å². The van der Waals surface area contributed by atoms with Crippen molar-refractivity contribution in [2.24, 2.45) is 11.7 Å². The highest BCUT2D eigenvalue weighted by Crippen LogP contribution is 2.35. The minimum absolute atomic E-state index is 0.128. The van der Waals surface area contributed by atoms with Crippen molar-refractivity contribution in [3.8, 4) is 10.6 Å². The molecule has 0 bridgehead atoms. The van der Waals surface area contributed by atoms with Crippen molar-refractivity contribution < 1.29 is 4.79 Å². The van der Waals surface area contributed by atoms with Crippen LogP contribution in [0, 0.1) is 5.92 Å². The van der Waals surface area contributed by atoms with Crippen molar-refractivity contribution in [2.75, 3.05) is 18.0 Å². The second-order valence-electron chi connectivity index (χ2n) is 4.43. The maximum absolute atomic E-state index is 11.9. The number of amides is 1. The summed E-state index contributed by atoms with van der Waals surface area (Å²) in [5.41, 5.74) is 6.57. The number of anilines is 1. The van der Waals surface area contributed by atoms with Gasteiger partial charge in [0.25, 0.3) is 0 Å². The van der Waals surface area contributed by atoms with E-state index in [1.165, 1.54) is 11.3 Å². The Bertz CT molecular complexity index is 610. The third-order valence-corrected chi connectivity index (χ3v) is 5.60. The topological polar surface area (TPSA) is 59.2 Å². The van der Waals surface area contributed by atoms with Crippen molar-refractivity contribution in [1.82, 2.24) is 4.98 Å². The van der Waals surface area contributed by atoms with Crippen LogP contribution in [0.15, 0.2) is 21.3 Å². The van der Waals surface area contributed by atoms with Crippen molar-refractivity contribution in [1.29, 1.82) is 0 Å². The van der Waals surface area contributed by atoms with Gasteiger partial charge in [-0.3, -0.25) is 9.69 Å². The second kappa shape index (κ2) is 5.32. The highest BCUT2D eigenvalue weighted by Gasteiger charge is 2.31. The third kappa shape index (κ3) is 2.60. The Kier molecular flexibility index (Phi) is 3.70. The van der Waals surface area contributed by atoms with Crippen LogP contribution in [0.3, 0.4) is 0 Å². The molecular weight excluding hydrogens is 346 g/mol. The van der Waals surface area contributed by atoms with E-state index < -0.39 is 0 Å². The lowest BCUT2D eigenvalue weighted by atomic mass is 10.1. The zero-order chi connectivity index (χ0) is 13.4. The van der Waals surface area contributed by atoms with Crippen LogP contribution in [-0.4, -0.2) is 24.0 Å². The zero-order valence-corrected chi connectivity index (χ0v) is 13.2. The average Bonchev–Trinajstić information content (AvgIpc) is 3.07. The first-order chi connectivity index (χ1) is 9.17. The fraction of sp³-hybridized carbons (Fsp3) is 0.333. The molecule has 2 aromatic rings. The molecule has 3 rings (SSSR count). The number of carbonyl (C=O) groups is 1. The lowest BCUT2D eigenvalue weighted by Crippen LogP contribution is -2.25. The van der Waals surface area contributed by atoms with E-state index in [-0.39, 0.29) is 11.8 Å². The van der Waals surface area contributed by atoms with Gasteiger partial charge in [-0.2, -0.15) is 0 Å². The standard InChI is InChI=1S/C12H12BrN3OS2/c13-10-2-1-9(19-10)8-6-18-12(15-8)16-5-7(4-14)3-11(16)17/h1-2,6-7H,3-5,14H2. The highest BCUT2D eigenvalue weighted by molar-refractivity contribution is 9.11. The molecule has 0 radical (unpaired) electrons. The number of aromatic nitrogens is 1. The molecule has 0 saturated carbocycles. The highest BCUT2D eigenvalue weighted by atomic mass is 79.9. The third-order valence-electron chi connectivity index (χ3n) is 3.09. The van der Waals surface area contributed by atoms with Gasteiger partial charge in [-0.05, 0) is 40.5 Å². The van der Waals surface area contributed by atoms with Gasteiger partial charge in [-0.25, -0.2) is 4.98 Å². The Labute approximate surface area is 127 Å². The summed E-state index contributed by atoms with van der Waals surface area (Å²) in [6, 6.07) is 4.03. The lowest BCUT2D eigenvalue weighted by molar-refractivity contribution is -0.117. The van der Waals surface area contributed by atoms with Crippen LogP contribution in [-0.2, 0) is 4.79 Å². The molecule has 100 valence electrons. The van der Waals surface area contributed by atoms with Crippen LogP contribution in [0.25, 0.3) is 10.6 Å². The molecule has 7 heteroatoms. The number of hydrogen-bond donors (Lipinski definition) is 1. The van der Waals surface area contributed by atoms with E-state index in [9.17, 15) is 4.79 Å². The van der Waals surface area contributed by atoms with Crippen molar-refractivity contribution >= 4 is 49.6 Å². The molecule has 1 unspecified atom stereocenters. The van der Waals surface area contributed by atoms with Gasteiger partial charge < -0.3 is 5.73 Å². The van der Waals surface area contributed by atoms with Crippen LogP contribution in [0.5, 0.6) is 0 Å². The van der Waals surface area contributed by atoms with Crippen molar-refractivity contribution in [2.45, 2.75) is 6.42 Å². The molecule has 1 atom stereocenters. The molecule has 2 N–H and O–H groups in total. The van der Waals surface area contributed by atoms with E-state index in [1.54, 1.807) is 16.2 Å². The Balaban J connectivity index is 1.84. The fourth-order valence-electron chi connectivity index (χ4n) is 2.08. The fourth-order valence-corrected chi connectivity index (χ4v) is 4.35. The Morgan fingerprint density at radius 2 is 2.37 bits per heavy atom. The van der Waals surface area contributed by atoms with Gasteiger partial charge in [-0.1, -0.05) is 0 Å². The lowest BCUT2D eigenvalue weighted by Gasteiger charge is -2.11. The summed E-state index contributed by atoms with van der Waals surface area (Å²) in [7, 11) is 0. The monoisotopic (exact) mass is 357 g/mol. The van der Waals surface area contributed by atoms with Gasteiger partial charge in [0.15, 0.2) is 5.13 Å². The Morgan fingerprint density at radius 1 is 1.53 bits per heavy atom. The summed E-state index contributed by atoms with van der Waals surface area (Å²) in [6.45, 7) is 1.24. The molecule has 0 aromatic carbocycles. The molecule has 3 heterocycles. The molecule has 1 aliphatic rings. The van der Waals surface area contributed by atoms with Crippen LogP contribution in [0.4, 0.5) is 5.13 Å². The molecule has 1 amide bonds. The van der Waals surface area contributed by atoms with E-state index in [0.717, 1.165) is 19.5 Å². The van der Waals surface area contributed by atoms with E-state index in [0.29, 0.717) is 19.5 Å². The first-order valence-corrected chi connectivity index (χ1v) is 8.38. The van der Waals surface area contributed by atoms with Gasteiger partial charge in [0.1, 0.15) is 0 Å². The quantitative estimate of drug-likeness (QED) is 0.918. The summed E-state index contributed by atoms with van der Waals surface area (Å²) in [6.07, 6.45) is 0.538. The van der Waals surface area contributed by atoms with Crippen LogP contribution in [0.1, 0.15) is 6.42 Å². The largest absolute Gasteiger partial charge is 0.330 e. The predicted molar refractivity (Wildman–Crippen MR) is 82.6 cm³/mol. The first-order valence-electron chi connectivity index (χ1n) is 5.89. The molecule has 1 saturated heterocycles. The summed E-state index contributed by atoms with van der Waals surface area (Å²) in [4.78, 5) is 19.4. The summed E-state index contributed by atoms with van der Waals surface area (Å²) in [5, 5.41) is 2.77. The Hall–Kier alpha value is -0.760. The van der Waals surface area contributed by atoms with Gasteiger partial charge in [0.2, 0.25) is 5.91 Å². The normalized spacial score (nSPS) is 19.4. The van der Waals surface area contributed by atoms with Crippen molar-refractivity contribution in [3.05, 3.63) is 21.3 Å².